The summed E-state index contributed by atoms with van der Waals surface area (Å²) in [6.07, 6.45) is 1.71. The Morgan fingerprint density at radius 2 is 2.05 bits per heavy atom. The number of nitrogens with one attached hydrogen (secondary N) is 1. The first kappa shape index (κ1) is 16.8. The number of carbonyl (C=O) groups excluding carboxylic acids is 1. The summed E-state index contributed by atoms with van der Waals surface area (Å²) in [5.74, 6) is -1.80. The first-order valence-electron chi connectivity index (χ1n) is 7.66. The molecule has 22 heavy (non-hydrogen) atoms. The number of piperidine rings is 1. The molecule has 1 heterocycles. The summed E-state index contributed by atoms with van der Waals surface area (Å²) in [4.78, 5) is 14.0. The summed E-state index contributed by atoms with van der Waals surface area (Å²) in [7, 11) is 0. The Morgan fingerprint density at radius 3 is 2.64 bits per heavy atom. The molecule has 2 rings (SSSR count). The Hall–Kier alpha value is -1.53. The largest absolute Gasteiger partial charge is 0.353 e. The molecule has 0 spiro atoms. The van der Waals surface area contributed by atoms with Crippen LogP contribution in [0.4, 0.5) is 8.78 Å². The molecule has 1 unspecified atom stereocenters. The summed E-state index contributed by atoms with van der Waals surface area (Å²) < 4.78 is 26.1. The van der Waals surface area contributed by atoms with Gasteiger partial charge in [0.25, 0.3) is 0 Å². The minimum Gasteiger partial charge on any atom is -0.353 e. The van der Waals surface area contributed by atoms with Crippen LogP contribution >= 0.6 is 0 Å². The zero-order chi connectivity index (χ0) is 16.1. The fourth-order valence-corrected chi connectivity index (χ4v) is 2.58. The molecule has 3 N–H and O–H groups in total. The van der Waals surface area contributed by atoms with E-state index in [2.05, 4.69) is 10.2 Å². The van der Waals surface area contributed by atoms with Crippen LogP contribution in [0.2, 0.25) is 0 Å². The number of carbonyl (C=O) groups is 1. The highest BCUT2D eigenvalue weighted by atomic mass is 19.2. The summed E-state index contributed by atoms with van der Waals surface area (Å²) in [5, 5.41) is 3.02. The second kappa shape index (κ2) is 7.65. The molecule has 0 aromatic heterocycles. The number of nitrogens with two attached hydrogens (primary N) is 1. The monoisotopic (exact) mass is 311 g/mol. The predicted molar refractivity (Wildman–Crippen MR) is 81.0 cm³/mol. The van der Waals surface area contributed by atoms with Gasteiger partial charge in [-0.3, -0.25) is 9.69 Å². The van der Waals surface area contributed by atoms with Gasteiger partial charge < -0.3 is 11.1 Å². The van der Waals surface area contributed by atoms with Crippen molar-refractivity contribution < 1.29 is 13.6 Å². The smallest absolute Gasteiger partial charge is 0.224 e. The van der Waals surface area contributed by atoms with Gasteiger partial charge in [0.2, 0.25) is 5.91 Å². The van der Waals surface area contributed by atoms with Gasteiger partial charge in [0.15, 0.2) is 11.6 Å². The van der Waals surface area contributed by atoms with E-state index in [-0.39, 0.29) is 17.9 Å². The number of benzene rings is 1. The van der Waals surface area contributed by atoms with E-state index < -0.39 is 11.6 Å². The van der Waals surface area contributed by atoms with Crippen molar-refractivity contribution in [3.63, 3.8) is 0 Å². The Bertz CT molecular complexity index is 516. The molecule has 0 aliphatic carbocycles. The molecular formula is C16H23F2N3O. The zero-order valence-corrected chi connectivity index (χ0v) is 12.8. The van der Waals surface area contributed by atoms with Crippen molar-refractivity contribution in [1.29, 1.82) is 0 Å². The number of amides is 1. The maximum Gasteiger partial charge on any atom is 0.224 e. The average Bonchev–Trinajstić information content (AvgIpc) is 2.52. The Morgan fingerprint density at radius 1 is 1.36 bits per heavy atom. The topological polar surface area (TPSA) is 58.4 Å². The number of halogens is 2. The van der Waals surface area contributed by atoms with Crippen molar-refractivity contribution in [2.75, 3.05) is 19.6 Å². The maximum absolute atomic E-state index is 13.2. The quantitative estimate of drug-likeness (QED) is 0.869. The normalized spacial score (nSPS) is 18.2. The SMILES string of the molecule is CC(CN)C(=O)NC1CCN(Cc2ccc(F)c(F)c2)CC1. The Kier molecular flexibility index (Phi) is 5.85. The van der Waals surface area contributed by atoms with Crippen molar-refractivity contribution in [3.8, 4) is 0 Å². The maximum atomic E-state index is 13.2. The molecular weight excluding hydrogens is 288 g/mol. The lowest BCUT2D eigenvalue weighted by molar-refractivity contribution is -0.125. The van der Waals surface area contributed by atoms with E-state index in [9.17, 15) is 13.6 Å². The molecule has 1 aromatic rings. The van der Waals surface area contributed by atoms with Gasteiger partial charge in [0.05, 0.1) is 0 Å². The van der Waals surface area contributed by atoms with Gasteiger partial charge in [-0.2, -0.15) is 0 Å². The number of hydrogen-bond donors (Lipinski definition) is 2. The van der Waals surface area contributed by atoms with Crippen molar-refractivity contribution in [1.82, 2.24) is 10.2 Å². The minimum atomic E-state index is -0.820. The number of rotatable bonds is 5. The van der Waals surface area contributed by atoms with Crippen LogP contribution in [0.25, 0.3) is 0 Å². The first-order chi connectivity index (χ1) is 10.5. The van der Waals surface area contributed by atoms with E-state index in [0.717, 1.165) is 37.6 Å². The van der Waals surface area contributed by atoms with Gasteiger partial charge in [-0.05, 0) is 30.5 Å². The van der Waals surface area contributed by atoms with Crippen LogP contribution in [0.3, 0.4) is 0 Å². The van der Waals surface area contributed by atoms with Gasteiger partial charge in [-0.1, -0.05) is 13.0 Å². The van der Waals surface area contributed by atoms with E-state index in [1.54, 1.807) is 6.07 Å². The fraction of sp³-hybridized carbons (Fsp3) is 0.562. The van der Waals surface area contributed by atoms with Crippen LogP contribution in [0, 0.1) is 17.6 Å². The first-order valence-corrected chi connectivity index (χ1v) is 7.66. The van der Waals surface area contributed by atoms with Crippen molar-refractivity contribution in [2.24, 2.45) is 11.7 Å². The Labute approximate surface area is 129 Å². The second-order valence-corrected chi connectivity index (χ2v) is 5.94. The van der Waals surface area contributed by atoms with Crippen LogP contribution in [0.5, 0.6) is 0 Å². The van der Waals surface area contributed by atoms with Gasteiger partial charge in [-0.15, -0.1) is 0 Å². The summed E-state index contributed by atoms with van der Waals surface area (Å²) >= 11 is 0. The molecule has 0 saturated carbocycles. The predicted octanol–water partition coefficient (Wildman–Crippen LogP) is 1.64. The summed E-state index contributed by atoms with van der Waals surface area (Å²) in [5.41, 5.74) is 6.24. The van der Waals surface area contributed by atoms with E-state index >= 15 is 0 Å². The van der Waals surface area contributed by atoms with Crippen molar-refractivity contribution in [2.45, 2.75) is 32.4 Å². The van der Waals surface area contributed by atoms with Crippen LogP contribution in [0.15, 0.2) is 18.2 Å². The molecule has 4 nitrogen and oxygen atoms in total. The van der Waals surface area contributed by atoms with Gasteiger partial charge in [0.1, 0.15) is 0 Å². The Balaban J connectivity index is 1.79. The van der Waals surface area contributed by atoms with E-state index in [1.165, 1.54) is 6.07 Å². The highest BCUT2D eigenvalue weighted by Crippen LogP contribution is 2.16. The molecule has 1 amide bonds. The molecule has 0 bridgehead atoms. The lowest BCUT2D eigenvalue weighted by Gasteiger charge is -2.32. The second-order valence-electron chi connectivity index (χ2n) is 5.94. The molecule has 1 saturated heterocycles. The van der Waals surface area contributed by atoms with E-state index in [0.29, 0.717) is 13.1 Å². The minimum absolute atomic E-state index is 0.00144. The van der Waals surface area contributed by atoms with Crippen LogP contribution in [-0.2, 0) is 11.3 Å². The van der Waals surface area contributed by atoms with Crippen molar-refractivity contribution in [3.05, 3.63) is 35.4 Å². The molecule has 6 heteroatoms. The van der Waals surface area contributed by atoms with E-state index in [1.807, 2.05) is 6.92 Å². The molecule has 1 aromatic carbocycles. The van der Waals surface area contributed by atoms with Crippen LogP contribution in [0.1, 0.15) is 25.3 Å². The third-order valence-electron chi connectivity index (χ3n) is 4.13. The number of nitrogens with zero attached hydrogens (tertiary/aromatic N) is 1. The highest BCUT2D eigenvalue weighted by molar-refractivity contribution is 5.78. The van der Waals surface area contributed by atoms with Crippen LogP contribution in [-0.4, -0.2) is 36.5 Å². The lowest BCUT2D eigenvalue weighted by atomic mass is 10.0. The van der Waals surface area contributed by atoms with Gasteiger partial charge in [-0.25, -0.2) is 8.78 Å². The van der Waals surface area contributed by atoms with Gasteiger partial charge in [0, 0.05) is 38.1 Å². The standard InChI is InChI=1S/C16H23F2N3O/c1-11(9-19)16(22)20-13-4-6-21(7-5-13)10-12-2-3-14(17)15(18)8-12/h2-3,8,11,13H,4-7,9-10,19H2,1H3,(H,20,22). The zero-order valence-electron chi connectivity index (χ0n) is 12.8. The average molecular weight is 311 g/mol. The van der Waals surface area contributed by atoms with Crippen LogP contribution < -0.4 is 11.1 Å². The number of likely N-dealkylation sites (tertiary alicyclic amines) is 1. The third kappa shape index (κ3) is 4.48. The summed E-state index contributed by atoms with van der Waals surface area (Å²) in [6, 6.07) is 4.18. The number of hydrogen-bond acceptors (Lipinski definition) is 3. The molecule has 122 valence electrons. The third-order valence-corrected chi connectivity index (χ3v) is 4.13. The van der Waals surface area contributed by atoms with Gasteiger partial charge >= 0.3 is 0 Å². The molecule has 1 aliphatic heterocycles. The molecule has 1 fully saturated rings. The fourth-order valence-electron chi connectivity index (χ4n) is 2.58. The molecule has 1 aliphatic rings. The highest BCUT2D eigenvalue weighted by Gasteiger charge is 2.22. The lowest BCUT2D eigenvalue weighted by Crippen LogP contribution is -2.46. The molecule has 0 radical (unpaired) electrons. The van der Waals surface area contributed by atoms with E-state index in [4.69, 9.17) is 5.73 Å². The summed E-state index contributed by atoms with van der Waals surface area (Å²) in [6.45, 7) is 4.40. The molecule has 1 atom stereocenters. The van der Waals surface area contributed by atoms with Crippen molar-refractivity contribution >= 4 is 5.91 Å².